The lowest BCUT2D eigenvalue weighted by Crippen LogP contribution is -2.16. The van der Waals surface area contributed by atoms with Crippen molar-refractivity contribution in [2.45, 2.75) is 31.1 Å². The zero-order valence-electron chi connectivity index (χ0n) is 14.4. The van der Waals surface area contributed by atoms with Crippen LogP contribution in [0.1, 0.15) is 31.7 Å². The van der Waals surface area contributed by atoms with Crippen LogP contribution in [0, 0.1) is 0 Å². The number of amides is 2. The fraction of sp³-hybridized carbons (Fsp3) is 0.222. The first kappa shape index (κ1) is 17.9. The summed E-state index contributed by atoms with van der Waals surface area (Å²) in [6, 6.07) is 11.3. The molecule has 0 atom stereocenters. The Morgan fingerprint density at radius 2 is 1.65 bits per heavy atom. The fourth-order valence-corrected chi connectivity index (χ4v) is 3.69. The Labute approximate surface area is 151 Å². The molecule has 7 nitrogen and oxygen atoms in total. The molecule has 2 aromatic carbocycles. The summed E-state index contributed by atoms with van der Waals surface area (Å²) in [5, 5.41) is 5.10. The van der Waals surface area contributed by atoms with Crippen molar-refractivity contribution < 1.29 is 18.0 Å². The van der Waals surface area contributed by atoms with E-state index in [0.29, 0.717) is 11.4 Å². The monoisotopic (exact) mass is 373 g/mol. The van der Waals surface area contributed by atoms with Gasteiger partial charge in [-0.25, -0.2) is 8.42 Å². The van der Waals surface area contributed by atoms with E-state index in [-0.39, 0.29) is 22.9 Å². The molecule has 0 aromatic heterocycles. The minimum atomic E-state index is -3.85. The molecule has 1 heterocycles. The smallest absolute Gasteiger partial charge is 0.261 e. The van der Waals surface area contributed by atoms with Crippen LogP contribution in [-0.2, 0) is 19.6 Å². The molecule has 2 amide bonds. The summed E-state index contributed by atoms with van der Waals surface area (Å²) in [5.74, 6) is -0.667. The van der Waals surface area contributed by atoms with Crippen LogP contribution in [0.4, 0.5) is 17.1 Å². The molecule has 0 fully saturated rings. The molecule has 0 saturated carbocycles. The Kier molecular flexibility index (Phi) is 4.69. The summed E-state index contributed by atoms with van der Waals surface area (Å²) in [6.07, 6.45) is -0.309. The van der Waals surface area contributed by atoms with Crippen molar-refractivity contribution in [2.24, 2.45) is 0 Å². The van der Waals surface area contributed by atoms with Gasteiger partial charge in [-0.05, 0) is 41.8 Å². The highest BCUT2D eigenvalue weighted by Crippen LogP contribution is 2.29. The first-order valence-corrected chi connectivity index (χ1v) is 9.59. The maximum Gasteiger partial charge on any atom is 0.261 e. The number of fused-ring (bicyclic) bond motifs is 1. The third-order valence-electron chi connectivity index (χ3n) is 3.98. The number of carbonyl (C=O) groups is 2. The van der Waals surface area contributed by atoms with Gasteiger partial charge in [-0.3, -0.25) is 14.3 Å². The summed E-state index contributed by atoms with van der Waals surface area (Å²) < 4.78 is 27.9. The zero-order valence-corrected chi connectivity index (χ0v) is 15.2. The number of benzene rings is 2. The highest BCUT2D eigenvalue weighted by molar-refractivity contribution is 7.92. The molecule has 1 aliphatic rings. The van der Waals surface area contributed by atoms with Gasteiger partial charge < -0.3 is 10.6 Å². The van der Waals surface area contributed by atoms with Crippen LogP contribution < -0.4 is 15.4 Å². The van der Waals surface area contributed by atoms with E-state index in [2.05, 4.69) is 15.4 Å². The second-order valence-corrected chi connectivity index (χ2v) is 8.05. The normalized spacial score (nSPS) is 14.3. The Hall–Kier alpha value is -2.87. The Balaban J connectivity index is 1.92. The van der Waals surface area contributed by atoms with Gasteiger partial charge in [0.15, 0.2) is 0 Å². The van der Waals surface area contributed by atoms with Gasteiger partial charge in [0.05, 0.1) is 16.3 Å². The van der Waals surface area contributed by atoms with E-state index in [1.165, 1.54) is 18.2 Å². The molecule has 0 spiro atoms. The minimum Gasteiger partial charge on any atom is -0.324 e. The van der Waals surface area contributed by atoms with Crippen molar-refractivity contribution in [3.05, 3.63) is 48.0 Å². The highest BCUT2D eigenvalue weighted by Gasteiger charge is 2.22. The summed E-state index contributed by atoms with van der Waals surface area (Å²) in [7, 11) is -3.85. The second kappa shape index (κ2) is 6.80. The van der Waals surface area contributed by atoms with Crippen LogP contribution in [0.15, 0.2) is 47.4 Å². The molecule has 8 heteroatoms. The van der Waals surface area contributed by atoms with Gasteiger partial charge in [-0.2, -0.15) is 0 Å². The molecule has 1 aliphatic heterocycles. The van der Waals surface area contributed by atoms with Crippen molar-refractivity contribution in [1.82, 2.24) is 0 Å². The first-order chi connectivity index (χ1) is 12.2. The van der Waals surface area contributed by atoms with Crippen LogP contribution in [0.5, 0.6) is 0 Å². The Morgan fingerprint density at radius 1 is 0.962 bits per heavy atom. The van der Waals surface area contributed by atoms with Crippen LogP contribution in [-0.4, -0.2) is 20.2 Å². The second-order valence-electron chi connectivity index (χ2n) is 6.37. The Morgan fingerprint density at radius 3 is 2.35 bits per heavy atom. The van der Waals surface area contributed by atoms with E-state index in [1.807, 2.05) is 19.9 Å². The van der Waals surface area contributed by atoms with Crippen molar-refractivity contribution in [1.29, 1.82) is 0 Å². The lowest BCUT2D eigenvalue weighted by molar-refractivity contribution is -0.123. The number of hydrogen-bond acceptors (Lipinski definition) is 4. The van der Waals surface area contributed by atoms with Gasteiger partial charge in [0.2, 0.25) is 11.8 Å². The molecule has 0 saturated heterocycles. The van der Waals surface area contributed by atoms with E-state index in [1.54, 1.807) is 18.2 Å². The summed E-state index contributed by atoms with van der Waals surface area (Å²) in [5.41, 5.74) is 2.09. The number of hydrogen-bond donors (Lipinski definition) is 3. The van der Waals surface area contributed by atoms with E-state index >= 15 is 0 Å². The average molecular weight is 373 g/mol. The van der Waals surface area contributed by atoms with Crippen molar-refractivity contribution in [3.63, 3.8) is 0 Å². The van der Waals surface area contributed by atoms with Crippen molar-refractivity contribution in [3.8, 4) is 0 Å². The van der Waals surface area contributed by atoms with Crippen LogP contribution in [0.25, 0.3) is 0 Å². The lowest BCUT2D eigenvalue weighted by Gasteiger charge is -2.13. The Bertz CT molecular complexity index is 984. The maximum atomic E-state index is 12.7. The van der Waals surface area contributed by atoms with Crippen molar-refractivity contribution >= 4 is 38.9 Å². The van der Waals surface area contributed by atoms with E-state index in [4.69, 9.17) is 0 Å². The third kappa shape index (κ3) is 3.85. The van der Waals surface area contributed by atoms with Crippen molar-refractivity contribution in [2.75, 3.05) is 15.4 Å². The largest absolute Gasteiger partial charge is 0.324 e. The number of sulfonamides is 1. The topological polar surface area (TPSA) is 104 Å². The van der Waals surface area contributed by atoms with Gasteiger partial charge in [0.1, 0.15) is 6.42 Å². The molecule has 2 aromatic rings. The molecule has 26 heavy (non-hydrogen) atoms. The molecular weight excluding hydrogens is 354 g/mol. The van der Waals surface area contributed by atoms with Gasteiger partial charge in [0.25, 0.3) is 10.0 Å². The predicted octanol–water partition coefficient (Wildman–Crippen LogP) is 2.89. The SMILES string of the molecule is CC(C)c1cccc(NS(=O)(=O)c2ccc3c(c2)NC(=O)CC(=O)N3)c1. The van der Waals surface area contributed by atoms with Crippen LogP contribution >= 0.6 is 0 Å². The summed E-state index contributed by atoms with van der Waals surface area (Å²) in [4.78, 5) is 23.2. The van der Waals surface area contributed by atoms with E-state index < -0.39 is 21.8 Å². The predicted molar refractivity (Wildman–Crippen MR) is 99.7 cm³/mol. The minimum absolute atomic E-state index is 0.0114. The first-order valence-electron chi connectivity index (χ1n) is 8.11. The van der Waals surface area contributed by atoms with Gasteiger partial charge in [0, 0.05) is 5.69 Å². The number of nitrogens with one attached hydrogen (secondary N) is 3. The lowest BCUT2D eigenvalue weighted by atomic mass is 10.0. The summed E-state index contributed by atoms with van der Waals surface area (Å²) >= 11 is 0. The highest BCUT2D eigenvalue weighted by atomic mass is 32.2. The zero-order chi connectivity index (χ0) is 18.9. The number of rotatable bonds is 4. The molecule has 0 bridgehead atoms. The molecular formula is C18H19N3O4S. The van der Waals surface area contributed by atoms with Crippen LogP contribution in [0.2, 0.25) is 0 Å². The van der Waals surface area contributed by atoms with Gasteiger partial charge >= 0.3 is 0 Å². The standard InChI is InChI=1S/C18H19N3O4S/c1-11(2)12-4-3-5-13(8-12)21-26(24,25)14-6-7-15-16(9-14)20-18(23)10-17(22)19-15/h3-9,11,21H,10H2,1-2H3,(H,19,22)(H,20,23). The molecule has 0 radical (unpaired) electrons. The average Bonchev–Trinajstić information content (AvgIpc) is 2.70. The molecule has 0 aliphatic carbocycles. The molecule has 136 valence electrons. The maximum absolute atomic E-state index is 12.7. The van der Waals surface area contributed by atoms with E-state index in [0.717, 1.165) is 5.56 Å². The molecule has 0 unspecified atom stereocenters. The quantitative estimate of drug-likeness (QED) is 0.717. The number of anilines is 3. The molecule has 3 N–H and O–H groups in total. The van der Waals surface area contributed by atoms with Gasteiger partial charge in [-0.15, -0.1) is 0 Å². The molecule has 3 rings (SSSR count). The number of carbonyl (C=O) groups excluding carboxylic acids is 2. The van der Waals surface area contributed by atoms with E-state index in [9.17, 15) is 18.0 Å². The van der Waals surface area contributed by atoms with Crippen LogP contribution in [0.3, 0.4) is 0 Å². The summed E-state index contributed by atoms with van der Waals surface area (Å²) in [6.45, 7) is 4.05. The fourth-order valence-electron chi connectivity index (χ4n) is 2.61. The third-order valence-corrected chi connectivity index (χ3v) is 5.36. The van der Waals surface area contributed by atoms with Gasteiger partial charge in [-0.1, -0.05) is 26.0 Å².